The van der Waals surface area contributed by atoms with Crippen LogP contribution in [-0.4, -0.2) is 50.1 Å². The van der Waals surface area contributed by atoms with Gasteiger partial charge in [0.25, 0.3) is 0 Å². The minimum absolute atomic E-state index is 0.110. The zero-order chi connectivity index (χ0) is 27.0. The molecular weight excluding hydrogens is 484 g/mol. The van der Waals surface area contributed by atoms with E-state index >= 15 is 0 Å². The zero-order valence-corrected chi connectivity index (χ0v) is 23.9. The molecule has 2 heterocycles. The van der Waals surface area contributed by atoms with Crippen molar-refractivity contribution in [1.29, 1.82) is 0 Å². The number of ether oxygens (including phenoxy) is 5. The lowest BCUT2D eigenvalue weighted by atomic mass is 9.88. The predicted octanol–water partition coefficient (Wildman–Crippen LogP) is 6.93. The van der Waals surface area contributed by atoms with Crippen LogP contribution < -0.4 is 0 Å². The highest BCUT2D eigenvalue weighted by atomic mass is 16.7. The van der Waals surface area contributed by atoms with Gasteiger partial charge in [0.05, 0.1) is 26.4 Å². The summed E-state index contributed by atoms with van der Waals surface area (Å²) in [6.45, 7) is 3.52. The van der Waals surface area contributed by atoms with Gasteiger partial charge in [-0.05, 0) is 76.0 Å². The number of aliphatic hydroxyl groups is 1. The highest BCUT2D eigenvalue weighted by Gasteiger charge is 2.33. The lowest BCUT2D eigenvalue weighted by molar-refractivity contribution is -0.172. The van der Waals surface area contributed by atoms with Crippen LogP contribution in [0.2, 0.25) is 0 Å². The van der Waals surface area contributed by atoms with E-state index in [1.54, 1.807) is 0 Å². The quantitative estimate of drug-likeness (QED) is 0.0753. The number of carbonyl (C=O) groups is 1. The first-order chi connectivity index (χ1) is 18.6. The number of allylic oxidation sites excluding steroid dienone is 3. The Hall–Kier alpha value is -1.57. The average Bonchev–Trinajstić information content (AvgIpc) is 3.30. The third kappa shape index (κ3) is 10.5. The molecule has 1 N–H and O–H groups in total. The van der Waals surface area contributed by atoms with Gasteiger partial charge in [0, 0.05) is 19.3 Å². The number of esters is 1. The van der Waals surface area contributed by atoms with Gasteiger partial charge in [0.15, 0.2) is 12.6 Å². The standard InChI is InChI=1S/C31H52O7/c1-3-4-5-6-7-8-15-24-20-21-26(32)25(24)16-9-10-17-27(37-28-18-11-13-22-35-28)30(31(33)34-2)38-29-19-12-14-23-36-29/h8,15,24-26,28-29,32H,3-7,9-14,16-23H2,1-2H3/b15-8+,30-27+/t24-,25+,26-,28?,29?/m0/s1. The molecule has 3 rings (SSSR count). The first kappa shape index (κ1) is 31.0. The molecule has 218 valence electrons. The summed E-state index contributed by atoms with van der Waals surface area (Å²) in [5.41, 5.74) is 0. The average molecular weight is 537 g/mol. The molecule has 0 spiro atoms. The topological polar surface area (TPSA) is 83.5 Å². The molecule has 38 heavy (non-hydrogen) atoms. The van der Waals surface area contributed by atoms with Crippen LogP contribution in [0.4, 0.5) is 0 Å². The van der Waals surface area contributed by atoms with Gasteiger partial charge < -0.3 is 28.8 Å². The van der Waals surface area contributed by atoms with Crippen LogP contribution in [0, 0.1) is 11.8 Å². The third-order valence-electron chi connectivity index (χ3n) is 8.06. The molecule has 7 heteroatoms. The number of methoxy groups -OCH3 is 1. The van der Waals surface area contributed by atoms with Crippen molar-refractivity contribution in [2.45, 2.75) is 135 Å². The van der Waals surface area contributed by atoms with Crippen molar-refractivity contribution in [2.24, 2.45) is 11.8 Å². The summed E-state index contributed by atoms with van der Waals surface area (Å²) in [5, 5.41) is 10.7. The Morgan fingerprint density at radius 1 is 0.895 bits per heavy atom. The van der Waals surface area contributed by atoms with Crippen LogP contribution in [0.5, 0.6) is 0 Å². The number of unbranched alkanes of at least 4 members (excludes halogenated alkanes) is 5. The summed E-state index contributed by atoms with van der Waals surface area (Å²) in [4.78, 5) is 12.8. The van der Waals surface area contributed by atoms with Crippen molar-refractivity contribution in [3.05, 3.63) is 23.7 Å². The van der Waals surface area contributed by atoms with Crippen molar-refractivity contribution in [3.63, 3.8) is 0 Å². The maximum Gasteiger partial charge on any atom is 0.377 e. The molecular formula is C31H52O7. The van der Waals surface area contributed by atoms with Crippen molar-refractivity contribution in [2.75, 3.05) is 20.3 Å². The fourth-order valence-corrected chi connectivity index (χ4v) is 5.79. The van der Waals surface area contributed by atoms with Crippen LogP contribution in [0.25, 0.3) is 0 Å². The van der Waals surface area contributed by atoms with Crippen molar-refractivity contribution >= 4 is 5.97 Å². The molecule has 0 amide bonds. The monoisotopic (exact) mass is 536 g/mol. The minimum atomic E-state index is -0.541. The Morgan fingerprint density at radius 3 is 2.29 bits per heavy atom. The fraction of sp³-hybridized carbons (Fsp3) is 0.839. The number of rotatable bonds is 16. The van der Waals surface area contributed by atoms with Gasteiger partial charge in [0.2, 0.25) is 5.76 Å². The summed E-state index contributed by atoms with van der Waals surface area (Å²) in [6, 6.07) is 0. The number of carbonyl (C=O) groups excluding carboxylic acids is 1. The third-order valence-corrected chi connectivity index (χ3v) is 8.06. The van der Waals surface area contributed by atoms with Crippen LogP contribution in [0.1, 0.15) is 116 Å². The maximum atomic E-state index is 12.8. The van der Waals surface area contributed by atoms with Crippen LogP contribution in [0.3, 0.4) is 0 Å². The molecule has 0 bridgehead atoms. The van der Waals surface area contributed by atoms with E-state index in [-0.39, 0.29) is 18.2 Å². The second-order valence-electron chi connectivity index (χ2n) is 11.1. The minimum Gasteiger partial charge on any atom is -0.465 e. The summed E-state index contributed by atoms with van der Waals surface area (Å²) in [7, 11) is 1.36. The summed E-state index contributed by atoms with van der Waals surface area (Å²) < 4.78 is 28.9. The SMILES string of the molecule is CCCCCC/C=C/[C@H]1CC[C@H](O)[C@@H]1CCCC/C(OC1CCCCO1)=C(\OC1CCCCO1)C(=O)OC. The smallest absolute Gasteiger partial charge is 0.377 e. The molecule has 3 fully saturated rings. The zero-order valence-electron chi connectivity index (χ0n) is 23.9. The van der Waals surface area contributed by atoms with Gasteiger partial charge in [-0.1, -0.05) is 44.8 Å². The first-order valence-electron chi connectivity index (χ1n) is 15.3. The van der Waals surface area contributed by atoms with Gasteiger partial charge in [-0.2, -0.15) is 0 Å². The molecule has 3 aliphatic rings. The van der Waals surface area contributed by atoms with Gasteiger partial charge in [-0.3, -0.25) is 0 Å². The second-order valence-corrected chi connectivity index (χ2v) is 11.1. The van der Waals surface area contributed by atoms with Gasteiger partial charge in [-0.15, -0.1) is 0 Å². The van der Waals surface area contributed by atoms with Gasteiger partial charge in [0.1, 0.15) is 5.76 Å². The fourth-order valence-electron chi connectivity index (χ4n) is 5.79. The highest BCUT2D eigenvalue weighted by molar-refractivity contribution is 5.86. The summed E-state index contributed by atoms with van der Waals surface area (Å²) >= 11 is 0. The number of hydrogen-bond donors (Lipinski definition) is 1. The van der Waals surface area contributed by atoms with E-state index in [2.05, 4.69) is 19.1 Å². The van der Waals surface area contributed by atoms with E-state index in [0.717, 1.165) is 77.0 Å². The van der Waals surface area contributed by atoms with E-state index in [9.17, 15) is 9.90 Å². The van der Waals surface area contributed by atoms with Crippen molar-refractivity contribution in [3.8, 4) is 0 Å². The van der Waals surface area contributed by atoms with Crippen molar-refractivity contribution < 1.29 is 33.6 Å². The highest BCUT2D eigenvalue weighted by Crippen LogP contribution is 2.37. The predicted molar refractivity (Wildman–Crippen MR) is 147 cm³/mol. The van der Waals surface area contributed by atoms with Crippen LogP contribution in [0.15, 0.2) is 23.7 Å². The Balaban J connectivity index is 1.58. The molecule has 1 saturated carbocycles. The molecule has 0 radical (unpaired) electrons. The normalized spacial score (nSPS) is 28.8. The van der Waals surface area contributed by atoms with E-state index < -0.39 is 12.3 Å². The van der Waals surface area contributed by atoms with Gasteiger partial charge in [-0.25, -0.2) is 4.79 Å². The van der Waals surface area contributed by atoms with E-state index in [4.69, 9.17) is 23.7 Å². The Labute approximate surface area is 230 Å². The Kier molecular flexibility index (Phi) is 14.6. The maximum absolute atomic E-state index is 12.8. The molecule has 5 atom stereocenters. The first-order valence-corrected chi connectivity index (χ1v) is 15.3. The molecule has 2 saturated heterocycles. The van der Waals surface area contributed by atoms with Gasteiger partial charge >= 0.3 is 5.97 Å². The molecule has 2 aliphatic heterocycles. The molecule has 0 aromatic carbocycles. The lowest BCUT2D eigenvalue weighted by Gasteiger charge is -2.28. The largest absolute Gasteiger partial charge is 0.465 e. The molecule has 0 aromatic rings. The number of hydrogen-bond acceptors (Lipinski definition) is 7. The van der Waals surface area contributed by atoms with Crippen LogP contribution >= 0.6 is 0 Å². The molecule has 1 aliphatic carbocycles. The summed E-state index contributed by atoms with van der Waals surface area (Å²) in [5.74, 6) is 0.812. The van der Waals surface area contributed by atoms with Crippen molar-refractivity contribution in [1.82, 2.24) is 0 Å². The van der Waals surface area contributed by atoms with E-state index in [0.29, 0.717) is 37.2 Å². The Morgan fingerprint density at radius 2 is 1.63 bits per heavy atom. The van der Waals surface area contributed by atoms with E-state index in [1.807, 2.05) is 0 Å². The summed E-state index contributed by atoms with van der Waals surface area (Å²) in [6.07, 6.45) is 20.7. The second kappa shape index (κ2) is 17.9. The molecule has 2 unspecified atom stereocenters. The molecule has 0 aromatic heterocycles. The Bertz CT molecular complexity index is 722. The molecule has 7 nitrogen and oxygen atoms in total. The lowest BCUT2D eigenvalue weighted by Crippen LogP contribution is -2.28. The van der Waals surface area contributed by atoms with Crippen LogP contribution in [-0.2, 0) is 28.5 Å². The number of aliphatic hydroxyl groups excluding tert-OH is 1. The van der Waals surface area contributed by atoms with E-state index in [1.165, 1.54) is 32.8 Å².